The molecule has 0 saturated carbocycles. The van der Waals surface area contributed by atoms with E-state index in [4.69, 9.17) is 14.9 Å². The van der Waals surface area contributed by atoms with Gasteiger partial charge in [0.1, 0.15) is 5.76 Å². The molecular formula is C11H14ClNO2. The maximum Gasteiger partial charge on any atom is 0.176 e. The molecule has 4 heteroatoms. The molecule has 0 aliphatic heterocycles. The molecule has 0 amide bonds. The number of rotatable bonds is 2. The molecule has 3 nitrogen and oxygen atoms in total. The number of hydrogen-bond donors (Lipinski definition) is 1. The van der Waals surface area contributed by atoms with Gasteiger partial charge in [-0.15, -0.1) is 12.4 Å². The van der Waals surface area contributed by atoms with E-state index in [1.54, 1.807) is 7.11 Å². The van der Waals surface area contributed by atoms with Crippen LogP contribution in [0.25, 0.3) is 11.0 Å². The Bertz CT molecular complexity index is 451. The minimum Gasteiger partial charge on any atom is -0.493 e. The van der Waals surface area contributed by atoms with Crippen molar-refractivity contribution in [1.82, 2.24) is 0 Å². The van der Waals surface area contributed by atoms with E-state index in [9.17, 15) is 0 Å². The number of furan rings is 1. The number of benzene rings is 1. The third-order valence-corrected chi connectivity index (χ3v) is 2.20. The van der Waals surface area contributed by atoms with Gasteiger partial charge in [0.05, 0.1) is 13.2 Å². The lowest BCUT2D eigenvalue weighted by Crippen LogP contribution is -2.02. The van der Waals surface area contributed by atoms with Crippen LogP contribution in [0.15, 0.2) is 28.7 Å². The van der Waals surface area contributed by atoms with Crippen molar-refractivity contribution >= 4 is 23.4 Å². The molecule has 1 heterocycles. The van der Waals surface area contributed by atoms with Crippen LogP contribution in [0.3, 0.4) is 0 Å². The summed E-state index contributed by atoms with van der Waals surface area (Å²) < 4.78 is 10.8. The fourth-order valence-electron chi connectivity index (χ4n) is 1.44. The van der Waals surface area contributed by atoms with Gasteiger partial charge in [-0.2, -0.15) is 0 Å². The van der Waals surface area contributed by atoms with Gasteiger partial charge >= 0.3 is 0 Å². The highest BCUT2D eigenvalue weighted by molar-refractivity contribution is 5.85. The highest BCUT2D eigenvalue weighted by Crippen LogP contribution is 2.30. The molecule has 0 aliphatic carbocycles. The first-order valence-corrected chi connectivity index (χ1v) is 4.54. The summed E-state index contributed by atoms with van der Waals surface area (Å²) >= 11 is 0. The van der Waals surface area contributed by atoms with Gasteiger partial charge in [0.15, 0.2) is 11.3 Å². The van der Waals surface area contributed by atoms with E-state index < -0.39 is 0 Å². The van der Waals surface area contributed by atoms with Gasteiger partial charge in [0, 0.05) is 5.39 Å². The number of hydrogen-bond acceptors (Lipinski definition) is 3. The monoisotopic (exact) mass is 227 g/mol. The number of ether oxygens (including phenoxy) is 1. The van der Waals surface area contributed by atoms with Crippen LogP contribution in [0.2, 0.25) is 0 Å². The van der Waals surface area contributed by atoms with E-state index in [2.05, 4.69) is 0 Å². The summed E-state index contributed by atoms with van der Waals surface area (Å²) in [6, 6.07) is 7.64. The van der Waals surface area contributed by atoms with E-state index in [1.165, 1.54) is 0 Å². The normalized spacial score (nSPS) is 12.2. The molecule has 2 aromatic rings. The first-order chi connectivity index (χ1) is 6.72. The highest BCUT2D eigenvalue weighted by atomic mass is 35.5. The van der Waals surface area contributed by atoms with Crippen molar-refractivity contribution in [1.29, 1.82) is 0 Å². The molecule has 0 spiro atoms. The molecule has 0 radical (unpaired) electrons. The molecule has 1 atom stereocenters. The summed E-state index contributed by atoms with van der Waals surface area (Å²) in [7, 11) is 1.63. The Balaban J connectivity index is 0.00000112. The van der Waals surface area contributed by atoms with Crippen molar-refractivity contribution in [2.75, 3.05) is 7.11 Å². The molecule has 1 aromatic heterocycles. The van der Waals surface area contributed by atoms with Gasteiger partial charge in [-0.05, 0) is 19.1 Å². The lowest BCUT2D eigenvalue weighted by molar-refractivity contribution is 0.405. The Morgan fingerprint density at radius 2 is 2.13 bits per heavy atom. The largest absolute Gasteiger partial charge is 0.493 e. The molecule has 2 rings (SSSR count). The van der Waals surface area contributed by atoms with Crippen LogP contribution < -0.4 is 10.5 Å². The Morgan fingerprint density at radius 3 is 2.73 bits per heavy atom. The minimum absolute atomic E-state index is 0. The second kappa shape index (κ2) is 4.55. The number of para-hydroxylation sites is 1. The minimum atomic E-state index is -0.0906. The van der Waals surface area contributed by atoms with Gasteiger partial charge in [-0.25, -0.2) is 0 Å². The molecule has 0 saturated heterocycles. The van der Waals surface area contributed by atoms with Crippen LogP contribution in [0.1, 0.15) is 18.7 Å². The summed E-state index contributed by atoms with van der Waals surface area (Å²) in [6.07, 6.45) is 0. The zero-order valence-corrected chi connectivity index (χ0v) is 9.51. The number of nitrogens with two attached hydrogens (primary N) is 1. The van der Waals surface area contributed by atoms with E-state index in [1.807, 2.05) is 31.2 Å². The smallest absolute Gasteiger partial charge is 0.176 e. The first kappa shape index (κ1) is 11.9. The second-order valence-electron chi connectivity index (χ2n) is 3.32. The van der Waals surface area contributed by atoms with Crippen LogP contribution in [0.4, 0.5) is 0 Å². The van der Waals surface area contributed by atoms with Crippen LogP contribution in [0, 0.1) is 0 Å². The zero-order valence-electron chi connectivity index (χ0n) is 8.69. The van der Waals surface area contributed by atoms with Gasteiger partial charge in [0.2, 0.25) is 0 Å². The molecule has 1 aromatic carbocycles. The van der Waals surface area contributed by atoms with E-state index >= 15 is 0 Å². The SMILES string of the molecule is COc1cccc2cc(C(C)N)oc12.Cl. The fourth-order valence-corrected chi connectivity index (χ4v) is 1.44. The van der Waals surface area contributed by atoms with Crippen molar-refractivity contribution in [2.24, 2.45) is 5.73 Å². The van der Waals surface area contributed by atoms with Crippen molar-refractivity contribution < 1.29 is 9.15 Å². The number of halogens is 1. The van der Waals surface area contributed by atoms with Crippen molar-refractivity contribution in [3.8, 4) is 5.75 Å². The topological polar surface area (TPSA) is 48.4 Å². The van der Waals surface area contributed by atoms with Crippen molar-refractivity contribution in [2.45, 2.75) is 13.0 Å². The number of methoxy groups -OCH3 is 1. The molecule has 0 fully saturated rings. The maximum atomic E-state index is 5.73. The predicted octanol–water partition coefficient (Wildman–Crippen LogP) is 2.88. The lowest BCUT2D eigenvalue weighted by atomic mass is 10.2. The molecule has 0 bridgehead atoms. The number of fused-ring (bicyclic) bond motifs is 1. The zero-order chi connectivity index (χ0) is 10.1. The lowest BCUT2D eigenvalue weighted by Gasteiger charge is -1.99. The van der Waals surface area contributed by atoms with Crippen LogP contribution in [-0.4, -0.2) is 7.11 Å². The Labute approximate surface area is 94.6 Å². The molecule has 82 valence electrons. The quantitative estimate of drug-likeness (QED) is 0.858. The predicted molar refractivity (Wildman–Crippen MR) is 62.6 cm³/mol. The van der Waals surface area contributed by atoms with Crippen LogP contribution >= 0.6 is 12.4 Å². The summed E-state index contributed by atoms with van der Waals surface area (Å²) in [5.41, 5.74) is 6.50. The van der Waals surface area contributed by atoms with Crippen LogP contribution in [0.5, 0.6) is 5.75 Å². The average Bonchev–Trinajstić information content (AvgIpc) is 2.60. The van der Waals surface area contributed by atoms with Crippen molar-refractivity contribution in [3.05, 3.63) is 30.0 Å². The summed E-state index contributed by atoms with van der Waals surface area (Å²) in [5.74, 6) is 1.53. The molecule has 1 unspecified atom stereocenters. The van der Waals surface area contributed by atoms with Gasteiger partial charge in [-0.3, -0.25) is 0 Å². The average molecular weight is 228 g/mol. The third kappa shape index (κ3) is 2.08. The Hall–Kier alpha value is -1.19. The standard InChI is InChI=1S/C11H13NO2.ClH/c1-7(12)10-6-8-4-3-5-9(13-2)11(8)14-10;/h3-7H,12H2,1-2H3;1H. The summed E-state index contributed by atoms with van der Waals surface area (Å²) in [5, 5.41) is 1.02. The van der Waals surface area contributed by atoms with Gasteiger partial charge in [0.25, 0.3) is 0 Å². The van der Waals surface area contributed by atoms with E-state index in [0.29, 0.717) is 0 Å². The molecule has 2 N–H and O–H groups in total. The third-order valence-electron chi connectivity index (χ3n) is 2.20. The van der Waals surface area contributed by atoms with Gasteiger partial charge in [-0.1, -0.05) is 12.1 Å². The van der Waals surface area contributed by atoms with Crippen LogP contribution in [-0.2, 0) is 0 Å². The van der Waals surface area contributed by atoms with E-state index in [-0.39, 0.29) is 18.4 Å². The Kier molecular flexibility index (Phi) is 3.61. The molecule has 0 aliphatic rings. The van der Waals surface area contributed by atoms with Crippen molar-refractivity contribution in [3.63, 3.8) is 0 Å². The second-order valence-corrected chi connectivity index (χ2v) is 3.32. The summed E-state index contributed by atoms with van der Waals surface area (Å²) in [6.45, 7) is 1.89. The highest BCUT2D eigenvalue weighted by Gasteiger charge is 2.10. The van der Waals surface area contributed by atoms with E-state index in [0.717, 1.165) is 22.5 Å². The first-order valence-electron chi connectivity index (χ1n) is 4.54. The maximum absolute atomic E-state index is 5.73. The van der Waals surface area contributed by atoms with Gasteiger partial charge < -0.3 is 14.9 Å². The molecule has 15 heavy (non-hydrogen) atoms. The molecular weight excluding hydrogens is 214 g/mol. The fraction of sp³-hybridized carbons (Fsp3) is 0.273. The Morgan fingerprint density at radius 1 is 1.40 bits per heavy atom. The summed E-state index contributed by atoms with van der Waals surface area (Å²) in [4.78, 5) is 0.